The molecule has 0 saturated carbocycles. The lowest BCUT2D eigenvalue weighted by atomic mass is 10.1. The van der Waals surface area contributed by atoms with Gasteiger partial charge in [-0.3, -0.25) is 5.32 Å². The molecule has 0 bridgehead atoms. The molecule has 1 N–H and O–H groups in total. The number of methoxy groups -OCH3 is 2. The van der Waals surface area contributed by atoms with E-state index in [-0.39, 0.29) is 6.04 Å². The number of hydrogen-bond acceptors (Lipinski definition) is 4. The number of nitrogens with one attached hydrogen (secondary N) is 1. The fraction of sp³-hybridized carbons (Fsp3) is 0.278. The van der Waals surface area contributed by atoms with Crippen LogP contribution in [0.1, 0.15) is 17.2 Å². The van der Waals surface area contributed by atoms with E-state index in [0.717, 1.165) is 23.5 Å². The molecule has 2 aromatic carbocycles. The first kappa shape index (κ1) is 15.9. The van der Waals surface area contributed by atoms with Crippen LogP contribution in [-0.4, -0.2) is 20.8 Å². The molecule has 0 amide bonds. The van der Waals surface area contributed by atoms with Gasteiger partial charge in [-0.15, -0.1) is 0 Å². The van der Waals surface area contributed by atoms with Crippen LogP contribution in [0.2, 0.25) is 0 Å². The van der Waals surface area contributed by atoms with Gasteiger partial charge in [-0.25, -0.2) is 0 Å². The molecule has 2 rings (SSSR count). The molecule has 0 aliphatic carbocycles. The van der Waals surface area contributed by atoms with Crippen molar-refractivity contribution in [2.24, 2.45) is 0 Å². The van der Waals surface area contributed by atoms with Gasteiger partial charge in [0.25, 0.3) is 0 Å². The predicted molar refractivity (Wildman–Crippen MR) is 86.0 cm³/mol. The first-order valence-corrected chi connectivity index (χ1v) is 7.17. The maximum Gasteiger partial charge on any atom is 0.124 e. The van der Waals surface area contributed by atoms with E-state index in [2.05, 4.69) is 11.4 Å². The van der Waals surface area contributed by atoms with Crippen LogP contribution in [-0.2, 0) is 6.42 Å². The number of nitrogens with zero attached hydrogens (tertiary/aromatic N) is 1. The molecule has 0 radical (unpaired) electrons. The van der Waals surface area contributed by atoms with E-state index in [1.807, 2.05) is 48.5 Å². The number of benzene rings is 2. The fourth-order valence-electron chi connectivity index (χ4n) is 2.28. The van der Waals surface area contributed by atoms with Crippen molar-refractivity contribution < 1.29 is 9.47 Å². The van der Waals surface area contributed by atoms with Crippen molar-refractivity contribution in [3.63, 3.8) is 0 Å². The summed E-state index contributed by atoms with van der Waals surface area (Å²) in [5, 5.41) is 12.6. The highest BCUT2D eigenvalue weighted by molar-refractivity contribution is 5.38. The zero-order valence-electron chi connectivity index (χ0n) is 12.9. The van der Waals surface area contributed by atoms with Crippen molar-refractivity contribution in [2.45, 2.75) is 12.5 Å². The summed E-state index contributed by atoms with van der Waals surface area (Å²) in [6.07, 6.45) is 0.845. The highest BCUT2D eigenvalue weighted by atomic mass is 16.5. The molecule has 2 aromatic rings. The molecule has 0 heterocycles. The second-order valence-corrected chi connectivity index (χ2v) is 4.86. The predicted octanol–water partition coefficient (Wildman–Crippen LogP) is 3.10. The molecule has 1 unspecified atom stereocenters. The zero-order chi connectivity index (χ0) is 15.8. The lowest BCUT2D eigenvalue weighted by Crippen LogP contribution is -2.23. The van der Waals surface area contributed by atoms with E-state index in [0.29, 0.717) is 6.54 Å². The van der Waals surface area contributed by atoms with Gasteiger partial charge < -0.3 is 9.47 Å². The van der Waals surface area contributed by atoms with Crippen molar-refractivity contribution in [1.82, 2.24) is 5.32 Å². The molecule has 22 heavy (non-hydrogen) atoms. The van der Waals surface area contributed by atoms with Gasteiger partial charge in [0.2, 0.25) is 0 Å². The molecule has 114 valence electrons. The molecule has 1 atom stereocenters. The second-order valence-electron chi connectivity index (χ2n) is 4.86. The van der Waals surface area contributed by atoms with Gasteiger partial charge in [0.15, 0.2) is 0 Å². The monoisotopic (exact) mass is 296 g/mol. The van der Waals surface area contributed by atoms with Crippen molar-refractivity contribution >= 4 is 0 Å². The van der Waals surface area contributed by atoms with Crippen molar-refractivity contribution in [1.29, 1.82) is 5.26 Å². The Kier molecular flexibility index (Phi) is 5.81. The van der Waals surface area contributed by atoms with E-state index < -0.39 is 0 Å². The van der Waals surface area contributed by atoms with E-state index >= 15 is 0 Å². The normalized spacial score (nSPS) is 11.5. The van der Waals surface area contributed by atoms with Crippen molar-refractivity contribution in [3.05, 3.63) is 59.7 Å². The molecule has 0 fully saturated rings. The molecule has 0 aliphatic heterocycles. The van der Waals surface area contributed by atoms with Gasteiger partial charge in [0, 0.05) is 12.1 Å². The third-order valence-corrected chi connectivity index (χ3v) is 3.50. The molecule has 0 spiro atoms. The minimum atomic E-state index is -0.380. The summed E-state index contributed by atoms with van der Waals surface area (Å²) in [7, 11) is 3.27. The number of ether oxygens (including phenoxy) is 2. The van der Waals surface area contributed by atoms with Crippen molar-refractivity contribution in [2.75, 3.05) is 20.8 Å². The Morgan fingerprint density at radius 3 is 2.41 bits per heavy atom. The van der Waals surface area contributed by atoms with Crippen LogP contribution in [0.4, 0.5) is 0 Å². The topological polar surface area (TPSA) is 54.3 Å². The molecular formula is C18H20N2O2. The second kappa shape index (κ2) is 8.06. The highest BCUT2D eigenvalue weighted by Crippen LogP contribution is 2.24. The summed E-state index contributed by atoms with van der Waals surface area (Å²) in [5.74, 6) is 1.58. The SMILES string of the molecule is COc1ccc(CCNC(C#N)c2ccccc2OC)cc1. The standard InChI is InChI=1S/C18H20N2O2/c1-21-15-9-7-14(8-10-15)11-12-20-17(13-19)16-5-3-4-6-18(16)22-2/h3-10,17,20H,11-12H2,1-2H3. The van der Waals surface area contributed by atoms with Crippen LogP contribution in [0.15, 0.2) is 48.5 Å². The lowest BCUT2D eigenvalue weighted by Gasteiger charge is -2.15. The summed E-state index contributed by atoms with van der Waals surface area (Å²) in [4.78, 5) is 0. The minimum Gasteiger partial charge on any atom is -0.497 e. The Balaban J connectivity index is 1.95. The van der Waals surface area contributed by atoms with E-state index in [9.17, 15) is 5.26 Å². The average molecular weight is 296 g/mol. The summed E-state index contributed by atoms with van der Waals surface area (Å²) >= 11 is 0. The third-order valence-electron chi connectivity index (χ3n) is 3.50. The molecule has 0 aliphatic rings. The van der Waals surface area contributed by atoms with E-state index in [1.165, 1.54) is 5.56 Å². The van der Waals surface area contributed by atoms with Gasteiger partial charge in [-0.1, -0.05) is 30.3 Å². The summed E-state index contributed by atoms with van der Waals surface area (Å²) in [6.45, 7) is 0.711. The number of para-hydroxylation sites is 1. The molecule has 4 nitrogen and oxygen atoms in total. The third kappa shape index (κ3) is 4.00. The molecule has 0 aromatic heterocycles. The van der Waals surface area contributed by atoms with Gasteiger partial charge >= 0.3 is 0 Å². The zero-order valence-corrected chi connectivity index (χ0v) is 12.9. The number of hydrogen-bond donors (Lipinski definition) is 1. The first-order chi connectivity index (χ1) is 10.8. The Hall–Kier alpha value is -2.51. The summed E-state index contributed by atoms with van der Waals surface area (Å²) in [5.41, 5.74) is 2.06. The Bertz CT molecular complexity index is 632. The van der Waals surface area contributed by atoms with E-state index in [4.69, 9.17) is 9.47 Å². The smallest absolute Gasteiger partial charge is 0.124 e. The minimum absolute atomic E-state index is 0.380. The number of rotatable bonds is 7. The quantitative estimate of drug-likeness (QED) is 0.853. The number of nitriles is 1. The van der Waals surface area contributed by atoms with Crippen LogP contribution in [0.25, 0.3) is 0 Å². The molecule has 0 saturated heterocycles. The van der Waals surface area contributed by atoms with Gasteiger partial charge in [0.1, 0.15) is 17.5 Å². The van der Waals surface area contributed by atoms with E-state index in [1.54, 1.807) is 14.2 Å². The van der Waals surface area contributed by atoms with Crippen molar-refractivity contribution in [3.8, 4) is 17.6 Å². The Morgan fingerprint density at radius 1 is 1.05 bits per heavy atom. The molecular weight excluding hydrogens is 276 g/mol. The van der Waals surface area contributed by atoms with Crippen LogP contribution in [0.3, 0.4) is 0 Å². The fourth-order valence-corrected chi connectivity index (χ4v) is 2.28. The lowest BCUT2D eigenvalue weighted by molar-refractivity contribution is 0.405. The molecule has 4 heteroatoms. The summed E-state index contributed by atoms with van der Waals surface area (Å²) in [6, 6.07) is 17.4. The highest BCUT2D eigenvalue weighted by Gasteiger charge is 2.14. The first-order valence-electron chi connectivity index (χ1n) is 7.17. The van der Waals surface area contributed by atoms with Crippen LogP contribution in [0.5, 0.6) is 11.5 Å². The summed E-state index contributed by atoms with van der Waals surface area (Å²) < 4.78 is 10.5. The average Bonchev–Trinajstić information content (AvgIpc) is 2.59. The van der Waals surface area contributed by atoms with Crippen LogP contribution >= 0.6 is 0 Å². The largest absolute Gasteiger partial charge is 0.497 e. The van der Waals surface area contributed by atoms with Crippen LogP contribution in [0, 0.1) is 11.3 Å². The van der Waals surface area contributed by atoms with Gasteiger partial charge in [-0.05, 0) is 30.2 Å². The maximum atomic E-state index is 9.38. The Morgan fingerprint density at radius 2 is 1.77 bits per heavy atom. The maximum absolute atomic E-state index is 9.38. The van der Waals surface area contributed by atoms with Gasteiger partial charge in [-0.2, -0.15) is 5.26 Å². The Labute approximate surface area is 131 Å². The van der Waals surface area contributed by atoms with Gasteiger partial charge in [0.05, 0.1) is 20.3 Å². The van der Waals surface area contributed by atoms with Crippen LogP contribution < -0.4 is 14.8 Å².